The highest BCUT2D eigenvalue weighted by Crippen LogP contribution is 2.15. The molecule has 0 spiro atoms. The minimum Gasteiger partial charge on any atom is -0.354 e. The van der Waals surface area contributed by atoms with Crippen molar-refractivity contribution in [2.75, 3.05) is 7.05 Å². The number of fused-ring (bicyclic) bond motifs is 1. The molecule has 2 aromatic rings. The molecule has 0 saturated heterocycles. The zero-order valence-corrected chi connectivity index (χ0v) is 9.26. The molecule has 0 saturated carbocycles. The molecule has 0 radical (unpaired) electrons. The number of carbonyl (C=O) groups excluding carboxylic acids is 1. The van der Waals surface area contributed by atoms with Gasteiger partial charge < -0.3 is 10.3 Å². The minimum atomic E-state index is -0.879. The number of H-pyrrole nitrogens is 1. The predicted molar refractivity (Wildman–Crippen MR) is 62.4 cm³/mol. The van der Waals surface area contributed by atoms with Crippen molar-refractivity contribution in [2.45, 2.75) is 0 Å². The lowest BCUT2D eigenvalue weighted by Crippen LogP contribution is -2.24. The molecule has 1 amide bonds. The summed E-state index contributed by atoms with van der Waals surface area (Å²) in [6.45, 7) is 0. The second-order valence-electron chi connectivity index (χ2n) is 3.41. The van der Waals surface area contributed by atoms with Gasteiger partial charge in [0.2, 0.25) is 0 Å². The van der Waals surface area contributed by atoms with E-state index in [1.165, 1.54) is 25.4 Å². The molecule has 0 atom stereocenters. The summed E-state index contributed by atoms with van der Waals surface area (Å²) < 4.78 is 0. The van der Waals surface area contributed by atoms with Crippen molar-refractivity contribution in [3.8, 4) is 0 Å². The van der Waals surface area contributed by atoms with Crippen molar-refractivity contribution in [1.82, 2.24) is 15.3 Å². The fraction of sp³-hybridized carbons (Fsp3) is 0.100. The van der Waals surface area contributed by atoms with E-state index in [1.54, 1.807) is 0 Å². The van der Waals surface area contributed by atoms with Crippen LogP contribution in [-0.2, 0) is 0 Å². The SMILES string of the molecule is CNC(=O)c1[nH]c2ncccc2c(=O)c1[N+](=O)[O-]. The van der Waals surface area contributed by atoms with Crippen LogP contribution in [0, 0.1) is 10.1 Å². The Hall–Kier alpha value is -2.77. The molecule has 0 bridgehead atoms. The Morgan fingerprint density at radius 2 is 2.28 bits per heavy atom. The summed E-state index contributed by atoms with van der Waals surface area (Å²) in [5.41, 5.74) is -1.89. The number of nitro groups is 1. The van der Waals surface area contributed by atoms with Crippen LogP contribution >= 0.6 is 0 Å². The molecule has 2 heterocycles. The number of aromatic nitrogens is 2. The van der Waals surface area contributed by atoms with Gasteiger partial charge >= 0.3 is 5.69 Å². The van der Waals surface area contributed by atoms with Crippen LogP contribution in [0.25, 0.3) is 11.0 Å². The van der Waals surface area contributed by atoms with E-state index < -0.39 is 27.6 Å². The number of rotatable bonds is 2. The Morgan fingerprint density at radius 3 is 2.89 bits per heavy atom. The third-order valence-electron chi connectivity index (χ3n) is 2.38. The summed E-state index contributed by atoms with van der Waals surface area (Å²) >= 11 is 0. The van der Waals surface area contributed by atoms with Crippen molar-refractivity contribution >= 4 is 22.6 Å². The van der Waals surface area contributed by atoms with Crippen molar-refractivity contribution in [1.29, 1.82) is 0 Å². The van der Waals surface area contributed by atoms with Gasteiger partial charge in [0.15, 0.2) is 5.69 Å². The van der Waals surface area contributed by atoms with Gasteiger partial charge in [-0.05, 0) is 12.1 Å². The summed E-state index contributed by atoms with van der Waals surface area (Å²) in [5.74, 6) is -0.744. The summed E-state index contributed by atoms with van der Waals surface area (Å²) in [4.78, 5) is 39.8. The van der Waals surface area contributed by atoms with Gasteiger partial charge in [0, 0.05) is 13.2 Å². The Kier molecular flexibility index (Phi) is 2.76. The molecule has 0 aliphatic carbocycles. The van der Waals surface area contributed by atoms with Gasteiger partial charge in [-0.15, -0.1) is 0 Å². The number of nitrogens with one attached hydrogen (secondary N) is 2. The molecule has 2 N–H and O–H groups in total. The first kappa shape index (κ1) is 11.7. The van der Waals surface area contributed by atoms with Crippen molar-refractivity contribution < 1.29 is 9.72 Å². The van der Waals surface area contributed by atoms with Crippen LogP contribution in [0.1, 0.15) is 10.5 Å². The lowest BCUT2D eigenvalue weighted by Gasteiger charge is -2.03. The second-order valence-corrected chi connectivity index (χ2v) is 3.41. The Balaban J connectivity index is 2.92. The summed E-state index contributed by atoms with van der Waals surface area (Å²) in [7, 11) is 1.31. The largest absolute Gasteiger partial charge is 0.354 e. The third kappa shape index (κ3) is 1.69. The normalized spacial score (nSPS) is 10.3. The van der Waals surface area contributed by atoms with E-state index in [0.29, 0.717) is 0 Å². The Bertz CT molecular complexity index is 707. The third-order valence-corrected chi connectivity index (χ3v) is 2.38. The highest BCUT2D eigenvalue weighted by Gasteiger charge is 2.26. The molecule has 2 rings (SSSR count). The minimum absolute atomic E-state index is 0.0665. The Morgan fingerprint density at radius 1 is 1.56 bits per heavy atom. The molecule has 0 aliphatic rings. The van der Waals surface area contributed by atoms with E-state index in [-0.39, 0.29) is 11.0 Å². The molecule has 0 aliphatic heterocycles. The summed E-state index contributed by atoms with van der Waals surface area (Å²) in [6.07, 6.45) is 1.41. The van der Waals surface area contributed by atoms with E-state index in [0.717, 1.165) is 0 Å². The molecule has 8 heteroatoms. The first-order valence-corrected chi connectivity index (χ1v) is 4.93. The van der Waals surface area contributed by atoms with Crippen molar-refractivity contribution in [2.24, 2.45) is 0 Å². The van der Waals surface area contributed by atoms with Crippen LogP contribution in [0.2, 0.25) is 0 Å². The number of pyridine rings is 2. The molecule has 8 nitrogen and oxygen atoms in total. The van der Waals surface area contributed by atoms with Crippen molar-refractivity contribution in [3.05, 3.63) is 44.4 Å². The van der Waals surface area contributed by atoms with Crippen LogP contribution < -0.4 is 10.7 Å². The van der Waals surface area contributed by atoms with Gasteiger partial charge in [-0.3, -0.25) is 19.7 Å². The zero-order valence-electron chi connectivity index (χ0n) is 9.26. The fourth-order valence-corrected chi connectivity index (χ4v) is 1.57. The molecule has 18 heavy (non-hydrogen) atoms. The maximum Gasteiger partial charge on any atom is 0.345 e. The lowest BCUT2D eigenvalue weighted by atomic mass is 10.2. The lowest BCUT2D eigenvalue weighted by molar-refractivity contribution is -0.386. The van der Waals surface area contributed by atoms with Crippen LogP contribution in [0.15, 0.2) is 23.1 Å². The molecular weight excluding hydrogens is 240 g/mol. The first-order valence-electron chi connectivity index (χ1n) is 4.93. The highest BCUT2D eigenvalue weighted by molar-refractivity contribution is 5.98. The summed E-state index contributed by atoms with van der Waals surface area (Å²) in [5, 5.41) is 13.2. The van der Waals surface area contributed by atoms with E-state index in [2.05, 4.69) is 15.3 Å². The van der Waals surface area contributed by atoms with E-state index >= 15 is 0 Å². The quantitative estimate of drug-likeness (QED) is 0.581. The van der Waals surface area contributed by atoms with Gasteiger partial charge in [0.25, 0.3) is 11.3 Å². The molecule has 2 aromatic heterocycles. The predicted octanol–water partition coefficient (Wildman–Crippen LogP) is 0.191. The number of nitrogens with zero attached hydrogens (tertiary/aromatic N) is 2. The topological polar surface area (TPSA) is 118 Å². The van der Waals surface area contributed by atoms with Crippen LogP contribution in [0.3, 0.4) is 0 Å². The molecule has 0 aromatic carbocycles. The van der Waals surface area contributed by atoms with E-state index in [9.17, 15) is 19.7 Å². The maximum absolute atomic E-state index is 11.9. The van der Waals surface area contributed by atoms with Gasteiger partial charge in [0.1, 0.15) is 5.65 Å². The first-order chi connectivity index (χ1) is 8.56. The molecule has 0 fully saturated rings. The van der Waals surface area contributed by atoms with E-state index in [1.807, 2.05) is 0 Å². The summed E-state index contributed by atoms with van der Waals surface area (Å²) in [6, 6.07) is 2.89. The highest BCUT2D eigenvalue weighted by atomic mass is 16.6. The van der Waals surface area contributed by atoms with Crippen molar-refractivity contribution in [3.63, 3.8) is 0 Å². The Labute approximate surface area is 99.8 Å². The number of carbonyl (C=O) groups is 1. The number of aromatic amines is 1. The van der Waals surface area contributed by atoms with E-state index in [4.69, 9.17) is 0 Å². The average molecular weight is 248 g/mol. The zero-order chi connectivity index (χ0) is 13.3. The fourth-order valence-electron chi connectivity index (χ4n) is 1.57. The van der Waals surface area contributed by atoms with Gasteiger partial charge in [0.05, 0.1) is 10.3 Å². The second kappa shape index (κ2) is 4.24. The van der Waals surface area contributed by atoms with Crippen LogP contribution in [-0.4, -0.2) is 27.8 Å². The van der Waals surface area contributed by atoms with Crippen LogP contribution in [0.4, 0.5) is 5.69 Å². The van der Waals surface area contributed by atoms with Gasteiger partial charge in [-0.25, -0.2) is 4.98 Å². The smallest absolute Gasteiger partial charge is 0.345 e. The standard InChI is InChI=1S/C10H8N4O4/c1-11-10(16)6-7(14(17)18)8(15)5-3-2-4-12-9(5)13-6/h2-4H,1H3,(H,11,16)(H,12,13,15). The molecule has 0 unspecified atom stereocenters. The number of hydrogen-bond donors (Lipinski definition) is 2. The number of amides is 1. The molecule has 92 valence electrons. The monoisotopic (exact) mass is 248 g/mol. The van der Waals surface area contributed by atoms with Gasteiger partial charge in [-0.2, -0.15) is 0 Å². The molecular formula is C10H8N4O4. The van der Waals surface area contributed by atoms with Gasteiger partial charge in [-0.1, -0.05) is 0 Å². The number of hydrogen-bond acceptors (Lipinski definition) is 5. The van der Waals surface area contributed by atoms with Crippen LogP contribution in [0.5, 0.6) is 0 Å². The maximum atomic E-state index is 11.9. The average Bonchev–Trinajstić information content (AvgIpc) is 2.37.